The molecule has 2 heterocycles. The number of carbonyl (C=O) groups is 1. The van der Waals surface area contributed by atoms with Crippen molar-refractivity contribution < 1.29 is 13.9 Å². The Morgan fingerprint density at radius 2 is 2.24 bits per heavy atom. The van der Waals surface area contributed by atoms with Crippen molar-refractivity contribution in [3.05, 3.63) is 41.5 Å². The highest BCUT2D eigenvalue weighted by atomic mass is 19.1. The van der Waals surface area contributed by atoms with Gasteiger partial charge in [0, 0.05) is 24.9 Å². The predicted molar refractivity (Wildman–Crippen MR) is 93.3 cm³/mol. The molecule has 0 fully saturated rings. The van der Waals surface area contributed by atoms with E-state index in [0.29, 0.717) is 18.0 Å². The van der Waals surface area contributed by atoms with E-state index in [1.165, 1.54) is 12.1 Å². The molecule has 0 aliphatic carbocycles. The number of rotatable bonds is 3. The number of carbonyl (C=O) groups excluding carboxylic acids is 1. The Labute approximate surface area is 146 Å². The van der Waals surface area contributed by atoms with E-state index >= 15 is 0 Å². The van der Waals surface area contributed by atoms with Gasteiger partial charge >= 0.3 is 6.03 Å². The lowest BCUT2D eigenvalue weighted by molar-refractivity contribution is 0.247. The van der Waals surface area contributed by atoms with E-state index < -0.39 is 0 Å². The number of fused-ring (bicyclic) bond motifs is 1. The standard InChI is InChI=1S/C18H23FN4O2/c1-11(2)17-15(10-23(3)22-17)21-18(24)20-14-5-4-8-25-16-9-12(19)6-7-13(14)16/h6-7,9-11,14H,4-5,8H2,1-3H3,(H2,20,21,24)/t14-/m0/s1. The fourth-order valence-corrected chi connectivity index (χ4v) is 3.04. The van der Waals surface area contributed by atoms with Crippen LogP contribution >= 0.6 is 0 Å². The first kappa shape index (κ1) is 17.3. The van der Waals surface area contributed by atoms with Gasteiger partial charge in [-0.2, -0.15) is 5.10 Å². The number of benzene rings is 1. The van der Waals surface area contributed by atoms with Gasteiger partial charge in [-0.05, 0) is 24.8 Å². The predicted octanol–water partition coefficient (Wildman–Crippen LogP) is 3.72. The molecule has 0 saturated carbocycles. The quantitative estimate of drug-likeness (QED) is 0.890. The van der Waals surface area contributed by atoms with Crippen molar-refractivity contribution in [2.45, 2.75) is 38.6 Å². The van der Waals surface area contributed by atoms with Crippen LogP contribution in [0.2, 0.25) is 0 Å². The van der Waals surface area contributed by atoms with Gasteiger partial charge in [-0.15, -0.1) is 0 Å². The number of nitrogens with zero attached hydrogens (tertiary/aromatic N) is 2. The third kappa shape index (κ3) is 3.92. The van der Waals surface area contributed by atoms with Gasteiger partial charge in [-0.3, -0.25) is 4.68 Å². The van der Waals surface area contributed by atoms with Crippen molar-refractivity contribution in [1.82, 2.24) is 15.1 Å². The number of halogens is 1. The van der Waals surface area contributed by atoms with E-state index in [9.17, 15) is 9.18 Å². The Morgan fingerprint density at radius 3 is 3.00 bits per heavy atom. The van der Waals surface area contributed by atoms with Crippen molar-refractivity contribution in [2.75, 3.05) is 11.9 Å². The lowest BCUT2D eigenvalue weighted by Gasteiger charge is -2.19. The molecule has 134 valence electrons. The Kier molecular flexibility index (Phi) is 4.92. The normalized spacial score (nSPS) is 16.8. The number of ether oxygens (including phenoxy) is 1. The summed E-state index contributed by atoms with van der Waals surface area (Å²) in [7, 11) is 1.82. The molecular formula is C18H23FN4O2. The van der Waals surface area contributed by atoms with Crippen molar-refractivity contribution in [2.24, 2.45) is 7.05 Å². The van der Waals surface area contributed by atoms with Crippen LogP contribution in [0.3, 0.4) is 0 Å². The van der Waals surface area contributed by atoms with Gasteiger partial charge in [0.1, 0.15) is 11.6 Å². The highest BCUT2D eigenvalue weighted by Crippen LogP contribution is 2.32. The number of anilines is 1. The van der Waals surface area contributed by atoms with Crippen molar-refractivity contribution in [1.29, 1.82) is 0 Å². The van der Waals surface area contributed by atoms with Crippen LogP contribution in [-0.4, -0.2) is 22.4 Å². The van der Waals surface area contributed by atoms with E-state index in [1.54, 1.807) is 16.9 Å². The summed E-state index contributed by atoms with van der Waals surface area (Å²) in [5, 5.41) is 10.2. The van der Waals surface area contributed by atoms with Crippen LogP contribution in [-0.2, 0) is 7.05 Å². The number of aromatic nitrogens is 2. The van der Waals surface area contributed by atoms with Crippen LogP contribution in [0.15, 0.2) is 24.4 Å². The number of amides is 2. The van der Waals surface area contributed by atoms with Crippen molar-refractivity contribution in [3.8, 4) is 5.75 Å². The molecule has 25 heavy (non-hydrogen) atoms. The average molecular weight is 346 g/mol. The van der Waals surface area contributed by atoms with Crippen LogP contribution in [0.25, 0.3) is 0 Å². The van der Waals surface area contributed by atoms with E-state index in [2.05, 4.69) is 15.7 Å². The summed E-state index contributed by atoms with van der Waals surface area (Å²) in [4.78, 5) is 12.5. The second kappa shape index (κ2) is 7.13. The lowest BCUT2D eigenvalue weighted by atomic mass is 10.0. The molecule has 1 aromatic carbocycles. The van der Waals surface area contributed by atoms with Gasteiger partial charge in [0.15, 0.2) is 0 Å². The summed E-state index contributed by atoms with van der Waals surface area (Å²) in [6, 6.07) is 3.89. The molecule has 0 radical (unpaired) electrons. The highest BCUT2D eigenvalue weighted by molar-refractivity contribution is 5.90. The Bertz CT molecular complexity index is 772. The third-order valence-corrected chi connectivity index (χ3v) is 4.20. The maximum absolute atomic E-state index is 13.4. The van der Waals surface area contributed by atoms with Crippen molar-refractivity contribution in [3.63, 3.8) is 0 Å². The lowest BCUT2D eigenvalue weighted by Crippen LogP contribution is -2.32. The van der Waals surface area contributed by atoms with Gasteiger partial charge in [-0.1, -0.05) is 19.9 Å². The molecule has 1 aromatic heterocycles. The molecule has 2 N–H and O–H groups in total. The van der Waals surface area contributed by atoms with Gasteiger partial charge < -0.3 is 15.4 Å². The Hall–Kier alpha value is -2.57. The Balaban J connectivity index is 1.75. The molecule has 1 aliphatic rings. The largest absolute Gasteiger partial charge is 0.493 e. The zero-order valence-electron chi connectivity index (χ0n) is 14.7. The molecule has 1 atom stereocenters. The monoisotopic (exact) mass is 346 g/mol. The number of hydrogen-bond donors (Lipinski definition) is 2. The number of hydrogen-bond acceptors (Lipinski definition) is 3. The molecule has 0 unspecified atom stereocenters. The summed E-state index contributed by atoms with van der Waals surface area (Å²) in [6.07, 6.45) is 3.30. The minimum Gasteiger partial charge on any atom is -0.493 e. The summed E-state index contributed by atoms with van der Waals surface area (Å²) < 4.78 is 20.7. The van der Waals surface area contributed by atoms with E-state index in [0.717, 1.165) is 24.1 Å². The molecule has 0 saturated heterocycles. The van der Waals surface area contributed by atoms with Crippen LogP contribution in [0.1, 0.15) is 49.9 Å². The first-order chi connectivity index (χ1) is 11.9. The van der Waals surface area contributed by atoms with Crippen LogP contribution in [0.4, 0.5) is 14.9 Å². The molecule has 6 nitrogen and oxygen atoms in total. The first-order valence-electron chi connectivity index (χ1n) is 8.47. The highest BCUT2D eigenvalue weighted by Gasteiger charge is 2.23. The van der Waals surface area contributed by atoms with Crippen LogP contribution < -0.4 is 15.4 Å². The van der Waals surface area contributed by atoms with E-state index in [4.69, 9.17) is 4.74 Å². The maximum Gasteiger partial charge on any atom is 0.319 e. The smallest absolute Gasteiger partial charge is 0.319 e. The zero-order valence-corrected chi connectivity index (χ0v) is 14.7. The minimum absolute atomic E-state index is 0.200. The topological polar surface area (TPSA) is 68.2 Å². The molecular weight excluding hydrogens is 323 g/mol. The van der Waals surface area contributed by atoms with Gasteiger partial charge in [0.25, 0.3) is 0 Å². The van der Waals surface area contributed by atoms with Crippen molar-refractivity contribution >= 4 is 11.7 Å². The summed E-state index contributed by atoms with van der Waals surface area (Å²) >= 11 is 0. The molecule has 3 rings (SSSR count). The number of urea groups is 1. The average Bonchev–Trinajstić information content (AvgIpc) is 2.79. The summed E-state index contributed by atoms with van der Waals surface area (Å²) in [6.45, 7) is 4.56. The summed E-state index contributed by atoms with van der Waals surface area (Å²) in [5.74, 6) is 0.347. The van der Waals surface area contributed by atoms with E-state index in [-0.39, 0.29) is 23.8 Å². The van der Waals surface area contributed by atoms with Gasteiger partial charge in [0.2, 0.25) is 0 Å². The van der Waals surface area contributed by atoms with E-state index in [1.807, 2.05) is 20.9 Å². The second-order valence-electron chi connectivity index (χ2n) is 6.58. The molecule has 2 aromatic rings. The van der Waals surface area contributed by atoms with Crippen LogP contribution in [0, 0.1) is 5.82 Å². The second-order valence-corrected chi connectivity index (χ2v) is 6.58. The SMILES string of the molecule is CC(C)c1nn(C)cc1NC(=O)N[C@H]1CCCOc2cc(F)ccc21. The third-order valence-electron chi connectivity index (χ3n) is 4.20. The first-order valence-corrected chi connectivity index (χ1v) is 8.47. The van der Waals surface area contributed by atoms with Crippen LogP contribution in [0.5, 0.6) is 5.75 Å². The molecule has 7 heteroatoms. The molecule has 2 amide bonds. The maximum atomic E-state index is 13.4. The Morgan fingerprint density at radius 1 is 1.44 bits per heavy atom. The van der Waals surface area contributed by atoms with Gasteiger partial charge in [-0.25, -0.2) is 9.18 Å². The van der Waals surface area contributed by atoms with Gasteiger partial charge in [0.05, 0.1) is 24.0 Å². The molecule has 0 spiro atoms. The fraction of sp³-hybridized carbons (Fsp3) is 0.444. The minimum atomic E-state index is -0.346. The zero-order chi connectivity index (χ0) is 18.0. The molecule has 0 bridgehead atoms. The molecule has 1 aliphatic heterocycles. The fourth-order valence-electron chi connectivity index (χ4n) is 3.04. The summed E-state index contributed by atoms with van der Waals surface area (Å²) in [5.41, 5.74) is 2.33. The number of nitrogens with one attached hydrogen (secondary N) is 2. The number of aryl methyl sites for hydroxylation is 1.